The molecule has 0 fully saturated rings. The van der Waals surface area contributed by atoms with Crippen LogP contribution in [0, 0.1) is 13.8 Å². The highest BCUT2D eigenvalue weighted by molar-refractivity contribution is 7.92. The monoisotopic (exact) mass is 353 g/mol. The van der Waals surface area contributed by atoms with E-state index in [1.54, 1.807) is 6.07 Å². The van der Waals surface area contributed by atoms with E-state index < -0.39 is 10.0 Å². The summed E-state index contributed by atoms with van der Waals surface area (Å²) in [6, 6.07) is 10.2. The Bertz CT molecular complexity index is 819. The molecule has 0 amide bonds. The minimum absolute atomic E-state index is 0.144. The fraction of sp³-hybridized carbons (Fsp3) is 0.294. The van der Waals surface area contributed by atoms with Crippen molar-refractivity contribution >= 4 is 27.3 Å². The van der Waals surface area contributed by atoms with E-state index in [4.69, 9.17) is 16.3 Å². The average molecular weight is 354 g/mol. The molecule has 0 radical (unpaired) electrons. The summed E-state index contributed by atoms with van der Waals surface area (Å²) in [5.74, 6) is 0.445. The first-order chi connectivity index (χ1) is 10.8. The van der Waals surface area contributed by atoms with Crippen molar-refractivity contribution in [1.82, 2.24) is 0 Å². The molecule has 2 aromatic carbocycles. The molecule has 0 spiro atoms. The van der Waals surface area contributed by atoms with Gasteiger partial charge in [0.1, 0.15) is 5.75 Å². The van der Waals surface area contributed by atoms with Gasteiger partial charge in [-0.05, 0) is 56.2 Å². The Morgan fingerprint density at radius 3 is 2.39 bits per heavy atom. The third kappa shape index (κ3) is 3.46. The number of sulfonamides is 1. The van der Waals surface area contributed by atoms with Gasteiger partial charge in [0.2, 0.25) is 0 Å². The van der Waals surface area contributed by atoms with Gasteiger partial charge >= 0.3 is 0 Å². The van der Waals surface area contributed by atoms with Crippen LogP contribution in [0.15, 0.2) is 41.3 Å². The minimum atomic E-state index is -3.70. The molecule has 4 nitrogen and oxygen atoms in total. The highest BCUT2D eigenvalue weighted by Gasteiger charge is 2.25. The molecule has 0 aliphatic carbocycles. The molecule has 2 aromatic rings. The molecule has 2 rings (SSSR count). The molecule has 0 atom stereocenters. The predicted octanol–water partition coefficient (Wildman–Crippen LogP) is 4.18. The molecule has 23 heavy (non-hydrogen) atoms. The van der Waals surface area contributed by atoms with Crippen LogP contribution in [0.3, 0.4) is 0 Å². The number of ether oxygens (including phenoxy) is 1. The molecule has 0 aromatic heterocycles. The SMILES string of the molecule is CCN(c1cc(C)ccc1C)S(=O)(=O)c1ccc(OC)c(Cl)c1. The lowest BCUT2D eigenvalue weighted by Gasteiger charge is -2.25. The van der Waals surface area contributed by atoms with Crippen molar-refractivity contribution in [1.29, 1.82) is 0 Å². The third-order valence-electron chi connectivity index (χ3n) is 3.63. The normalized spacial score (nSPS) is 11.3. The fourth-order valence-corrected chi connectivity index (χ4v) is 4.27. The number of halogens is 1. The highest BCUT2D eigenvalue weighted by atomic mass is 35.5. The number of hydrogen-bond acceptors (Lipinski definition) is 3. The Kier molecular flexibility index (Phi) is 5.22. The molecular weight excluding hydrogens is 334 g/mol. The standard InChI is InChI=1S/C17H20ClNO3S/c1-5-19(16-10-12(2)6-7-13(16)3)23(20,21)14-8-9-17(22-4)15(18)11-14/h6-11H,5H2,1-4H3. The molecule has 0 heterocycles. The minimum Gasteiger partial charge on any atom is -0.495 e. The molecule has 0 N–H and O–H groups in total. The first kappa shape index (κ1) is 17.6. The smallest absolute Gasteiger partial charge is 0.264 e. The van der Waals surface area contributed by atoms with Crippen LogP contribution in [0.4, 0.5) is 5.69 Å². The Morgan fingerprint density at radius 2 is 1.83 bits per heavy atom. The Morgan fingerprint density at radius 1 is 1.13 bits per heavy atom. The summed E-state index contributed by atoms with van der Waals surface area (Å²) < 4.78 is 32.5. The number of methoxy groups -OCH3 is 1. The zero-order chi connectivity index (χ0) is 17.2. The van der Waals surface area contributed by atoms with Crippen LogP contribution < -0.4 is 9.04 Å². The lowest BCUT2D eigenvalue weighted by Crippen LogP contribution is -2.31. The molecule has 6 heteroatoms. The van der Waals surface area contributed by atoms with E-state index in [0.29, 0.717) is 18.0 Å². The van der Waals surface area contributed by atoms with Gasteiger partial charge in [-0.2, -0.15) is 0 Å². The van der Waals surface area contributed by atoms with E-state index in [1.807, 2.05) is 39.0 Å². The molecular formula is C17H20ClNO3S. The van der Waals surface area contributed by atoms with Gasteiger partial charge in [-0.3, -0.25) is 4.31 Å². The zero-order valence-corrected chi connectivity index (χ0v) is 15.2. The second-order valence-electron chi connectivity index (χ2n) is 5.26. The van der Waals surface area contributed by atoms with Crippen molar-refractivity contribution in [3.63, 3.8) is 0 Å². The topological polar surface area (TPSA) is 46.6 Å². The summed E-state index contributed by atoms with van der Waals surface area (Å²) in [4.78, 5) is 0.144. The predicted molar refractivity (Wildman–Crippen MR) is 94.1 cm³/mol. The Balaban J connectivity index is 2.55. The summed E-state index contributed by atoms with van der Waals surface area (Å²) in [5.41, 5.74) is 2.59. The fourth-order valence-electron chi connectivity index (χ4n) is 2.39. The van der Waals surface area contributed by atoms with E-state index in [1.165, 1.54) is 23.5 Å². The van der Waals surface area contributed by atoms with Crippen molar-refractivity contribution in [2.45, 2.75) is 25.7 Å². The maximum atomic E-state index is 13.0. The number of benzene rings is 2. The van der Waals surface area contributed by atoms with Crippen LogP contribution in [0.25, 0.3) is 0 Å². The van der Waals surface area contributed by atoms with E-state index in [9.17, 15) is 8.42 Å². The molecule has 0 unspecified atom stereocenters. The first-order valence-electron chi connectivity index (χ1n) is 7.24. The largest absolute Gasteiger partial charge is 0.495 e. The molecule has 124 valence electrons. The molecule has 0 saturated carbocycles. The molecule has 0 saturated heterocycles. The van der Waals surface area contributed by atoms with Gasteiger partial charge in [0.25, 0.3) is 10.0 Å². The van der Waals surface area contributed by atoms with Gasteiger partial charge in [0.15, 0.2) is 0 Å². The molecule has 0 aliphatic heterocycles. The van der Waals surface area contributed by atoms with Gasteiger partial charge < -0.3 is 4.74 Å². The van der Waals surface area contributed by atoms with Gasteiger partial charge in [-0.15, -0.1) is 0 Å². The maximum Gasteiger partial charge on any atom is 0.264 e. The Hall–Kier alpha value is -1.72. The van der Waals surface area contributed by atoms with Gasteiger partial charge in [0.05, 0.1) is 22.7 Å². The van der Waals surface area contributed by atoms with Crippen molar-refractivity contribution in [3.8, 4) is 5.75 Å². The number of nitrogens with zero attached hydrogens (tertiary/aromatic N) is 1. The average Bonchev–Trinajstić information content (AvgIpc) is 2.51. The van der Waals surface area contributed by atoms with Crippen molar-refractivity contribution in [3.05, 3.63) is 52.5 Å². The van der Waals surface area contributed by atoms with Crippen molar-refractivity contribution < 1.29 is 13.2 Å². The van der Waals surface area contributed by atoms with Crippen LogP contribution in [-0.2, 0) is 10.0 Å². The van der Waals surface area contributed by atoms with Gasteiger partial charge in [-0.25, -0.2) is 8.42 Å². The van der Waals surface area contributed by atoms with Crippen LogP contribution in [0.1, 0.15) is 18.1 Å². The summed E-state index contributed by atoms with van der Waals surface area (Å²) in [6.07, 6.45) is 0. The lowest BCUT2D eigenvalue weighted by molar-refractivity contribution is 0.414. The number of anilines is 1. The van der Waals surface area contributed by atoms with Crippen LogP contribution in [-0.4, -0.2) is 22.1 Å². The second-order valence-corrected chi connectivity index (χ2v) is 7.53. The Labute approximate surface area is 142 Å². The van der Waals surface area contributed by atoms with E-state index >= 15 is 0 Å². The number of aryl methyl sites for hydroxylation is 2. The van der Waals surface area contributed by atoms with E-state index in [0.717, 1.165) is 11.1 Å². The van der Waals surface area contributed by atoms with Crippen LogP contribution >= 0.6 is 11.6 Å². The molecule has 0 aliphatic rings. The molecule has 0 bridgehead atoms. The number of rotatable bonds is 5. The number of hydrogen-bond donors (Lipinski definition) is 0. The summed E-state index contributed by atoms with van der Waals surface area (Å²) in [7, 11) is -2.21. The zero-order valence-electron chi connectivity index (χ0n) is 13.6. The van der Waals surface area contributed by atoms with Crippen LogP contribution in [0.2, 0.25) is 5.02 Å². The summed E-state index contributed by atoms with van der Waals surface area (Å²) >= 11 is 6.08. The van der Waals surface area contributed by atoms with Crippen molar-refractivity contribution in [2.24, 2.45) is 0 Å². The van der Waals surface area contributed by atoms with Crippen molar-refractivity contribution in [2.75, 3.05) is 18.0 Å². The van der Waals surface area contributed by atoms with E-state index in [2.05, 4.69) is 0 Å². The third-order valence-corrected chi connectivity index (χ3v) is 5.81. The van der Waals surface area contributed by atoms with Crippen LogP contribution in [0.5, 0.6) is 5.75 Å². The van der Waals surface area contributed by atoms with Gasteiger partial charge in [0, 0.05) is 6.54 Å². The maximum absolute atomic E-state index is 13.0. The quantitative estimate of drug-likeness (QED) is 0.810. The second kappa shape index (κ2) is 6.81. The first-order valence-corrected chi connectivity index (χ1v) is 9.06. The summed E-state index contributed by atoms with van der Waals surface area (Å²) in [6.45, 7) is 5.97. The lowest BCUT2D eigenvalue weighted by atomic mass is 10.1. The van der Waals surface area contributed by atoms with E-state index in [-0.39, 0.29) is 9.92 Å². The highest BCUT2D eigenvalue weighted by Crippen LogP contribution is 2.31. The summed E-state index contributed by atoms with van der Waals surface area (Å²) in [5, 5.41) is 0.269. The van der Waals surface area contributed by atoms with Gasteiger partial charge in [-0.1, -0.05) is 23.7 Å².